The van der Waals surface area contributed by atoms with Gasteiger partial charge in [0.05, 0.1) is 10.7 Å². The summed E-state index contributed by atoms with van der Waals surface area (Å²) in [5, 5.41) is 22.2. The molecule has 1 aliphatic rings. The maximum absolute atomic E-state index is 9.47. The molecule has 4 heteroatoms. The predicted octanol–water partition coefficient (Wildman–Crippen LogP) is 4.23. The molecule has 2 aromatic carbocycles. The fourth-order valence-electron chi connectivity index (χ4n) is 2.63. The number of rotatable bonds is 1. The lowest BCUT2D eigenvalue weighted by atomic mass is 9.88. The van der Waals surface area contributed by atoms with E-state index in [9.17, 15) is 5.11 Å². The highest BCUT2D eigenvalue weighted by molar-refractivity contribution is 6.32. The third-order valence-corrected chi connectivity index (χ3v) is 3.98. The van der Waals surface area contributed by atoms with E-state index in [0.29, 0.717) is 5.02 Å². The predicted molar refractivity (Wildman–Crippen MR) is 79.8 cm³/mol. The second kappa shape index (κ2) is 5.17. The van der Waals surface area contributed by atoms with Crippen LogP contribution in [-0.4, -0.2) is 16.0 Å². The first-order chi connectivity index (χ1) is 9.69. The molecule has 2 N–H and O–H groups in total. The molecule has 0 saturated carbocycles. The number of hydrogen-bond donors (Lipinski definition) is 2. The fourth-order valence-corrected chi connectivity index (χ4v) is 2.81. The van der Waals surface area contributed by atoms with Gasteiger partial charge in [-0.15, -0.1) is 0 Å². The smallest absolute Gasteiger partial charge is 0.134 e. The van der Waals surface area contributed by atoms with Gasteiger partial charge in [-0.25, -0.2) is 0 Å². The Bertz CT molecular complexity index is 695. The summed E-state index contributed by atoms with van der Waals surface area (Å²) in [5.41, 5.74) is 4.97. The molecular weight excluding hydrogens is 274 g/mol. The van der Waals surface area contributed by atoms with Crippen molar-refractivity contribution < 1.29 is 10.3 Å². The molecule has 0 bridgehead atoms. The van der Waals surface area contributed by atoms with Crippen LogP contribution in [-0.2, 0) is 6.42 Å². The van der Waals surface area contributed by atoms with Gasteiger partial charge in [0.15, 0.2) is 0 Å². The monoisotopic (exact) mass is 287 g/mol. The van der Waals surface area contributed by atoms with Crippen molar-refractivity contribution in [3.8, 4) is 16.9 Å². The summed E-state index contributed by atoms with van der Waals surface area (Å²) in [7, 11) is 0. The molecule has 0 atom stereocenters. The van der Waals surface area contributed by atoms with E-state index in [4.69, 9.17) is 16.8 Å². The Morgan fingerprint density at radius 1 is 1.00 bits per heavy atom. The highest BCUT2D eigenvalue weighted by Gasteiger charge is 2.16. The lowest BCUT2D eigenvalue weighted by Gasteiger charge is -2.18. The Kier molecular flexibility index (Phi) is 3.36. The van der Waals surface area contributed by atoms with Crippen molar-refractivity contribution in [2.24, 2.45) is 5.16 Å². The Balaban J connectivity index is 2.06. The van der Waals surface area contributed by atoms with E-state index < -0.39 is 0 Å². The Hall–Kier alpha value is -2.00. The van der Waals surface area contributed by atoms with E-state index in [0.717, 1.165) is 41.7 Å². The first-order valence-electron chi connectivity index (χ1n) is 6.52. The van der Waals surface area contributed by atoms with E-state index in [2.05, 4.69) is 11.2 Å². The summed E-state index contributed by atoms with van der Waals surface area (Å²) >= 11 is 5.95. The van der Waals surface area contributed by atoms with Crippen LogP contribution in [0.25, 0.3) is 11.1 Å². The van der Waals surface area contributed by atoms with E-state index in [1.54, 1.807) is 12.1 Å². The van der Waals surface area contributed by atoms with Crippen LogP contribution in [0.15, 0.2) is 41.6 Å². The zero-order valence-electron chi connectivity index (χ0n) is 10.8. The number of fused-ring (bicyclic) bond motifs is 1. The van der Waals surface area contributed by atoms with Crippen molar-refractivity contribution in [3.63, 3.8) is 0 Å². The average molecular weight is 288 g/mol. The quantitative estimate of drug-likeness (QED) is 0.609. The number of phenolic OH excluding ortho intramolecular Hbond substituents is 1. The molecule has 0 amide bonds. The van der Waals surface area contributed by atoms with Gasteiger partial charge < -0.3 is 10.3 Å². The largest absolute Gasteiger partial charge is 0.506 e. The Labute approximate surface area is 122 Å². The highest BCUT2D eigenvalue weighted by Crippen LogP contribution is 2.32. The molecule has 0 fully saturated rings. The van der Waals surface area contributed by atoms with E-state index in [1.807, 2.05) is 18.2 Å². The van der Waals surface area contributed by atoms with Crippen LogP contribution in [0.3, 0.4) is 0 Å². The van der Waals surface area contributed by atoms with Gasteiger partial charge in [-0.05, 0) is 48.1 Å². The standard InChI is InChI=1S/C16H14ClNO2/c17-14-9-11(5-7-16(14)19)10-4-6-13-12(8-10)2-1-3-15(13)18-20/h4-9,19-20H,1-3H2/b18-15+. The molecule has 0 aromatic heterocycles. The SMILES string of the molecule is O/N=C1\CCCc2cc(-c3ccc(O)c(Cl)c3)ccc21. The molecule has 0 saturated heterocycles. The minimum Gasteiger partial charge on any atom is -0.506 e. The Morgan fingerprint density at radius 2 is 1.75 bits per heavy atom. The summed E-state index contributed by atoms with van der Waals surface area (Å²) in [6, 6.07) is 11.3. The maximum atomic E-state index is 9.47. The summed E-state index contributed by atoms with van der Waals surface area (Å²) in [4.78, 5) is 0. The van der Waals surface area contributed by atoms with Crippen molar-refractivity contribution in [2.75, 3.05) is 0 Å². The van der Waals surface area contributed by atoms with Gasteiger partial charge in [0, 0.05) is 5.56 Å². The normalized spacial score (nSPS) is 16.1. The molecule has 102 valence electrons. The number of benzene rings is 2. The summed E-state index contributed by atoms with van der Waals surface area (Å²) in [6.45, 7) is 0. The zero-order chi connectivity index (χ0) is 14.1. The second-order valence-corrected chi connectivity index (χ2v) is 5.35. The van der Waals surface area contributed by atoms with Crippen LogP contribution in [0.5, 0.6) is 5.75 Å². The third kappa shape index (κ3) is 2.25. The van der Waals surface area contributed by atoms with E-state index >= 15 is 0 Å². The molecule has 0 heterocycles. The molecule has 20 heavy (non-hydrogen) atoms. The number of halogens is 1. The molecular formula is C16H14ClNO2. The first-order valence-corrected chi connectivity index (χ1v) is 6.90. The molecule has 2 aromatic rings. The summed E-state index contributed by atoms with van der Waals surface area (Å²) in [6.07, 6.45) is 2.79. The van der Waals surface area contributed by atoms with Gasteiger partial charge in [-0.2, -0.15) is 0 Å². The molecule has 3 rings (SSSR count). The number of aromatic hydroxyl groups is 1. The number of nitrogens with zero attached hydrogens (tertiary/aromatic N) is 1. The van der Waals surface area contributed by atoms with E-state index in [-0.39, 0.29) is 5.75 Å². The van der Waals surface area contributed by atoms with Crippen molar-refractivity contribution in [1.29, 1.82) is 0 Å². The highest BCUT2D eigenvalue weighted by atomic mass is 35.5. The molecule has 1 aliphatic carbocycles. The summed E-state index contributed by atoms with van der Waals surface area (Å²) < 4.78 is 0. The molecule has 0 spiro atoms. The Morgan fingerprint density at radius 3 is 2.50 bits per heavy atom. The topological polar surface area (TPSA) is 52.8 Å². The summed E-state index contributed by atoms with van der Waals surface area (Å²) in [5.74, 6) is 0.0862. The van der Waals surface area contributed by atoms with Crippen LogP contribution < -0.4 is 0 Å². The second-order valence-electron chi connectivity index (χ2n) is 4.94. The van der Waals surface area contributed by atoms with Crippen LogP contribution in [0, 0.1) is 0 Å². The number of hydrogen-bond acceptors (Lipinski definition) is 3. The molecule has 3 nitrogen and oxygen atoms in total. The molecule has 0 aliphatic heterocycles. The van der Waals surface area contributed by atoms with Crippen LogP contribution >= 0.6 is 11.6 Å². The van der Waals surface area contributed by atoms with Gasteiger partial charge in [0.25, 0.3) is 0 Å². The fraction of sp³-hybridized carbons (Fsp3) is 0.188. The van der Waals surface area contributed by atoms with Gasteiger partial charge in [-0.3, -0.25) is 0 Å². The lowest BCUT2D eigenvalue weighted by Crippen LogP contribution is -2.11. The number of oxime groups is 1. The number of phenols is 1. The number of aryl methyl sites for hydroxylation is 1. The van der Waals surface area contributed by atoms with Crippen LogP contribution in [0.1, 0.15) is 24.0 Å². The third-order valence-electron chi connectivity index (χ3n) is 3.68. The zero-order valence-corrected chi connectivity index (χ0v) is 11.6. The minimum atomic E-state index is 0.0862. The van der Waals surface area contributed by atoms with Crippen LogP contribution in [0.2, 0.25) is 5.02 Å². The van der Waals surface area contributed by atoms with Gasteiger partial charge >= 0.3 is 0 Å². The van der Waals surface area contributed by atoms with Gasteiger partial charge in [-0.1, -0.05) is 41.0 Å². The molecule has 0 unspecified atom stereocenters. The van der Waals surface area contributed by atoms with Gasteiger partial charge in [0.2, 0.25) is 0 Å². The minimum absolute atomic E-state index is 0.0862. The van der Waals surface area contributed by atoms with Crippen molar-refractivity contribution in [1.82, 2.24) is 0 Å². The van der Waals surface area contributed by atoms with Crippen molar-refractivity contribution >= 4 is 17.3 Å². The van der Waals surface area contributed by atoms with Crippen molar-refractivity contribution in [3.05, 3.63) is 52.5 Å². The van der Waals surface area contributed by atoms with Gasteiger partial charge in [0.1, 0.15) is 5.75 Å². The van der Waals surface area contributed by atoms with Crippen LogP contribution in [0.4, 0.5) is 0 Å². The lowest BCUT2D eigenvalue weighted by molar-refractivity contribution is 0.317. The molecule has 0 radical (unpaired) electrons. The average Bonchev–Trinajstić information content (AvgIpc) is 2.48. The van der Waals surface area contributed by atoms with E-state index in [1.165, 1.54) is 5.56 Å². The first kappa shape index (κ1) is 13.0. The maximum Gasteiger partial charge on any atom is 0.134 e. The van der Waals surface area contributed by atoms with Crippen molar-refractivity contribution in [2.45, 2.75) is 19.3 Å².